The van der Waals surface area contributed by atoms with Crippen LogP contribution in [-0.4, -0.2) is 19.3 Å². The van der Waals surface area contributed by atoms with Crippen molar-refractivity contribution in [3.8, 4) is 0 Å². The second-order valence-electron chi connectivity index (χ2n) is 1.71. The Balaban J connectivity index is 2.33. The van der Waals surface area contributed by atoms with Gasteiger partial charge >= 0.3 is 0 Å². The molecule has 2 heteroatoms. The van der Waals surface area contributed by atoms with Crippen LogP contribution < -0.4 is 5.32 Å². The summed E-state index contributed by atoms with van der Waals surface area (Å²) in [6.45, 7) is 1.98. The molecule has 1 aliphatic rings. The first kappa shape index (κ1) is 5.51. The normalized spacial score (nSPS) is 24.0. The Hall–Kier alpha value is -0.630. The van der Waals surface area contributed by atoms with Gasteiger partial charge in [-0.25, -0.2) is 0 Å². The van der Waals surface area contributed by atoms with Crippen molar-refractivity contribution in [3.63, 3.8) is 0 Å². The summed E-state index contributed by atoms with van der Waals surface area (Å²) in [4.78, 5) is 3.96. The van der Waals surface area contributed by atoms with E-state index in [-0.39, 0.29) is 0 Å². The lowest BCUT2D eigenvalue weighted by atomic mass is 10.4. The van der Waals surface area contributed by atoms with Gasteiger partial charge in [0.2, 0.25) is 0 Å². The summed E-state index contributed by atoms with van der Waals surface area (Å²) >= 11 is 0. The number of hydrogen-bond acceptors (Lipinski definition) is 2. The van der Waals surface area contributed by atoms with E-state index in [0.717, 1.165) is 19.5 Å². The molecule has 0 atom stereocenters. The topological polar surface area (TPSA) is 24.4 Å². The monoisotopic (exact) mass is 110 g/mol. The van der Waals surface area contributed by atoms with Crippen molar-refractivity contribution in [2.45, 2.75) is 6.42 Å². The summed E-state index contributed by atoms with van der Waals surface area (Å²) in [5, 5.41) is 3.19. The zero-order valence-corrected chi connectivity index (χ0v) is 4.80. The first-order valence-corrected chi connectivity index (χ1v) is 2.87. The van der Waals surface area contributed by atoms with Crippen molar-refractivity contribution in [1.82, 2.24) is 5.32 Å². The molecule has 1 rings (SSSR count). The van der Waals surface area contributed by atoms with E-state index in [2.05, 4.69) is 16.4 Å². The SMILES string of the molecule is C1=N/C=C\CCNC1. The molecule has 0 aromatic rings. The van der Waals surface area contributed by atoms with Crippen LogP contribution in [0, 0.1) is 0 Å². The Bertz CT molecular complexity index is 91.1. The molecule has 1 N–H and O–H groups in total. The summed E-state index contributed by atoms with van der Waals surface area (Å²) in [6.07, 6.45) is 6.87. The number of aliphatic imine (C=N–C) groups is 1. The molecule has 44 valence electrons. The van der Waals surface area contributed by atoms with Crippen LogP contribution in [0.3, 0.4) is 0 Å². The Labute approximate surface area is 49.3 Å². The van der Waals surface area contributed by atoms with E-state index in [0.29, 0.717) is 0 Å². The van der Waals surface area contributed by atoms with Gasteiger partial charge in [0, 0.05) is 19.0 Å². The van der Waals surface area contributed by atoms with Crippen LogP contribution in [0.2, 0.25) is 0 Å². The van der Waals surface area contributed by atoms with Gasteiger partial charge in [0.1, 0.15) is 0 Å². The van der Waals surface area contributed by atoms with Gasteiger partial charge in [-0.15, -0.1) is 0 Å². The Kier molecular flexibility index (Phi) is 2.33. The molecular formula is C6H10N2. The Morgan fingerprint density at radius 2 is 2.50 bits per heavy atom. The van der Waals surface area contributed by atoms with Gasteiger partial charge in [0.25, 0.3) is 0 Å². The molecule has 0 unspecified atom stereocenters. The predicted molar refractivity (Wildman–Crippen MR) is 35.1 cm³/mol. The van der Waals surface area contributed by atoms with E-state index < -0.39 is 0 Å². The van der Waals surface area contributed by atoms with Gasteiger partial charge in [-0.05, 0) is 13.0 Å². The fourth-order valence-corrected chi connectivity index (χ4v) is 0.601. The lowest BCUT2D eigenvalue weighted by Crippen LogP contribution is -2.17. The molecule has 0 aromatic carbocycles. The lowest BCUT2D eigenvalue weighted by Gasteiger charge is -1.97. The molecule has 1 aliphatic heterocycles. The number of rotatable bonds is 0. The summed E-state index contributed by atoms with van der Waals surface area (Å²) in [5.41, 5.74) is 0. The maximum atomic E-state index is 3.96. The number of nitrogens with zero attached hydrogens (tertiary/aromatic N) is 1. The molecule has 0 saturated carbocycles. The van der Waals surface area contributed by atoms with Gasteiger partial charge in [0.15, 0.2) is 0 Å². The third-order valence-electron chi connectivity index (χ3n) is 1.02. The average molecular weight is 110 g/mol. The van der Waals surface area contributed by atoms with Crippen molar-refractivity contribution >= 4 is 6.21 Å². The average Bonchev–Trinajstić information content (AvgIpc) is 1.62. The molecular weight excluding hydrogens is 100 g/mol. The summed E-state index contributed by atoms with van der Waals surface area (Å²) < 4.78 is 0. The lowest BCUT2D eigenvalue weighted by molar-refractivity contribution is 0.771. The van der Waals surface area contributed by atoms with Crippen LogP contribution in [0.4, 0.5) is 0 Å². The summed E-state index contributed by atoms with van der Waals surface area (Å²) in [7, 11) is 0. The third-order valence-corrected chi connectivity index (χ3v) is 1.02. The van der Waals surface area contributed by atoms with Crippen molar-refractivity contribution in [2.24, 2.45) is 4.99 Å². The van der Waals surface area contributed by atoms with Crippen LogP contribution in [-0.2, 0) is 0 Å². The fraction of sp³-hybridized carbons (Fsp3) is 0.500. The predicted octanol–water partition coefficient (Wildman–Crippen LogP) is 0.564. The van der Waals surface area contributed by atoms with Crippen LogP contribution in [0.25, 0.3) is 0 Å². The first-order chi connectivity index (χ1) is 4.00. The summed E-state index contributed by atoms with van der Waals surface area (Å²) in [6, 6.07) is 0. The number of hydrogen-bond donors (Lipinski definition) is 1. The molecule has 0 radical (unpaired) electrons. The smallest absolute Gasteiger partial charge is 0.0309 e. The Morgan fingerprint density at radius 3 is 3.50 bits per heavy atom. The maximum absolute atomic E-state index is 3.96. The van der Waals surface area contributed by atoms with Crippen LogP contribution in [0.5, 0.6) is 0 Å². The highest BCUT2D eigenvalue weighted by Crippen LogP contribution is 1.82. The first-order valence-electron chi connectivity index (χ1n) is 2.87. The molecule has 1 heterocycles. The quantitative estimate of drug-likeness (QED) is 0.484. The third kappa shape index (κ3) is 1.89. The standard InChI is InChI=1S/C6H10N2/c1-2-4-8-6-5-7-3-1/h1,3,5,8H,2,4,6H2/b3-1-,7-5?. The maximum Gasteiger partial charge on any atom is 0.0309 e. The van der Waals surface area contributed by atoms with Gasteiger partial charge in [0.05, 0.1) is 0 Å². The molecule has 0 amide bonds. The van der Waals surface area contributed by atoms with E-state index >= 15 is 0 Å². The highest BCUT2D eigenvalue weighted by atomic mass is 14.9. The molecule has 0 bridgehead atoms. The fourth-order valence-electron chi connectivity index (χ4n) is 0.601. The molecule has 0 saturated heterocycles. The minimum atomic E-state index is 0.907. The molecule has 0 fully saturated rings. The molecule has 0 spiro atoms. The van der Waals surface area contributed by atoms with E-state index in [9.17, 15) is 0 Å². The van der Waals surface area contributed by atoms with Crippen molar-refractivity contribution in [2.75, 3.05) is 13.1 Å². The van der Waals surface area contributed by atoms with Gasteiger partial charge in [-0.1, -0.05) is 6.08 Å². The highest BCUT2D eigenvalue weighted by Gasteiger charge is 1.82. The minimum absolute atomic E-state index is 0.907. The van der Waals surface area contributed by atoms with Crippen molar-refractivity contribution in [3.05, 3.63) is 12.3 Å². The van der Waals surface area contributed by atoms with Crippen LogP contribution in [0.15, 0.2) is 17.3 Å². The molecule has 8 heavy (non-hydrogen) atoms. The molecule has 0 aromatic heterocycles. The zero-order valence-electron chi connectivity index (χ0n) is 4.80. The zero-order chi connectivity index (χ0) is 5.66. The van der Waals surface area contributed by atoms with E-state index in [4.69, 9.17) is 0 Å². The number of nitrogens with one attached hydrogen (secondary N) is 1. The van der Waals surface area contributed by atoms with E-state index in [1.165, 1.54) is 0 Å². The van der Waals surface area contributed by atoms with Crippen LogP contribution in [0.1, 0.15) is 6.42 Å². The van der Waals surface area contributed by atoms with Gasteiger partial charge < -0.3 is 5.32 Å². The highest BCUT2D eigenvalue weighted by molar-refractivity contribution is 5.60. The summed E-state index contributed by atoms with van der Waals surface area (Å²) in [5.74, 6) is 0. The van der Waals surface area contributed by atoms with E-state index in [1.807, 2.05) is 12.4 Å². The molecule has 2 nitrogen and oxygen atoms in total. The van der Waals surface area contributed by atoms with Crippen molar-refractivity contribution in [1.29, 1.82) is 0 Å². The Morgan fingerprint density at radius 1 is 1.50 bits per heavy atom. The molecule has 0 aliphatic carbocycles. The van der Waals surface area contributed by atoms with Crippen molar-refractivity contribution < 1.29 is 0 Å². The van der Waals surface area contributed by atoms with Gasteiger partial charge in [-0.2, -0.15) is 0 Å². The minimum Gasteiger partial charge on any atom is -0.311 e. The second kappa shape index (κ2) is 3.38. The van der Waals surface area contributed by atoms with E-state index in [1.54, 1.807) is 0 Å². The van der Waals surface area contributed by atoms with Gasteiger partial charge in [-0.3, -0.25) is 4.99 Å². The second-order valence-corrected chi connectivity index (χ2v) is 1.71. The largest absolute Gasteiger partial charge is 0.311 e. The van der Waals surface area contributed by atoms with Crippen LogP contribution >= 0.6 is 0 Å².